The van der Waals surface area contributed by atoms with Crippen LogP contribution in [0.4, 0.5) is 25.0 Å². The maximum Gasteiger partial charge on any atom is 0.338 e. The van der Waals surface area contributed by atoms with Crippen LogP contribution in [0.5, 0.6) is 0 Å². The molecule has 0 saturated heterocycles. The molecule has 7 nitrogen and oxygen atoms in total. The number of nitrogens with two attached hydrogens (primary N) is 1. The Morgan fingerprint density at radius 1 is 1.00 bits per heavy atom. The van der Waals surface area contributed by atoms with Crippen molar-refractivity contribution in [1.29, 1.82) is 0 Å². The second kappa shape index (κ2) is 7.86. The monoisotopic (exact) mass is 349 g/mol. The molecule has 0 radical (unpaired) electrons. The number of benzene rings is 2. The minimum Gasteiger partial charge on any atom is -0.452 e. The highest BCUT2D eigenvalue weighted by molar-refractivity contribution is 5.96. The molecule has 25 heavy (non-hydrogen) atoms. The zero-order chi connectivity index (χ0) is 18.4. The Hall–Kier alpha value is -3.49. The number of hydrogen-bond acceptors (Lipinski definition) is 4. The third kappa shape index (κ3) is 5.27. The number of primary amides is 1. The summed E-state index contributed by atoms with van der Waals surface area (Å²) < 4.78 is 31.0. The molecule has 4 N–H and O–H groups in total. The Labute approximate surface area is 140 Å². The lowest BCUT2D eigenvalue weighted by atomic mass is 10.2. The van der Waals surface area contributed by atoms with Gasteiger partial charge in [0.15, 0.2) is 6.61 Å². The van der Waals surface area contributed by atoms with E-state index in [1.165, 1.54) is 24.3 Å². The van der Waals surface area contributed by atoms with Gasteiger partial charge < -0.3 is 21.1 Å². The zero-order valence-corrected chi connectivity index (χ0v) is 12.7. The zero-order valence-electron chi connectivity index (χ0n) is 12.7. The molecule has 0 saturated carbocycles. The normalized spacial score (nSPS) is 10.0. The van der Waals surface area contributed by atoms with Gasteiger partial charge in [-0.15, -0.1) is 0 Å². The highest BCUT2D eigenvalue weighted by Crippen LogP contribution is 2.15. The molecule has 0 aliphatic carbocycles. The fraction of sp³-hybridized carbons (Fsp3) is 0.0625. The van der Waals surface area contributed by atoms with Crippen molar-refractivity contribution in [2.45, 2.75) is 0 Å². The second-order valence-electron chi connectivity index (χ2n) is 4.82. The van der Waals surface area contributed by atoms with Crippen LogP contribution in [0.3, 0.4) is 0 Å². The number of hydrogen-bond donors (Lipinski definition) is 3. The molecule has 2 aromatic carbocycles. The van der Waals surface area contributed by atoms with Gasteiger partial charge in [-0.1, -0.05) is 0 Å². The number of carbonyl (C=O) groups is 3. The second-order valence-corrected chi connectivity index (χ2v) is 4.82. The summed E-state index contributed by atoms with van der Waals surface area (Å²) in [6, 6.07) is 7.48. The van der Waals surface area contributed by atoms with E-state index in [1.54, 1.807) is 0 Å². The quantitative estimate of drug-likeness (QED) is 0.719. The van der Waals surface area contributed by atoms with Crippen molar-refractivity contribution in [2.75, 3.05) is 17.2 Å². The fourth-order valence-electron chi connectivity index (χ4n) is 1.82. The molecule has 0 atom stereocenters. The summed E-state index contributed by atoms with van der Waals surface area (Å²) in [5, 5.41) is 4.47. The van der Waals surface area contributed by atoms with Crippen LogP contribution in [0.1, 0.15) is 10.4 Å². The van der Waals surface area contributed by atoms with Crippen LogP contribution in [0.2, 0.25) is 0 Å². The topological polar surface area (TPSA) is 111 Å². The number of carbonyl (C=O) groups excluding carboxylic acids is 3. The predicted molar refractivity (Wildman–Crippen MR) is 84.9 cm³/mol. The minimum atomic E-state index is -0.947. The lowest BCUT2D eigenvalue weighted by Gasteiger charge is -2.08. The highest BCUT2D eigenvalue weighted by atomic mass is 19.1. The largest absolute Gasteiger partial charge is 0.452 e. The Morgan fingerprint density at radius 2 is 1.68 bits per heavy atom. The van der Waals surface area contributed by atoms with Crippen LogP contribution >= 0.6 is 0 Å². The number of halogens is 2. The first kappa shape index (κ1) is 17.9. The Bertz CT molecular complexity index is 810. The van der Waals surface area contributed by atoms with E-state index in [9.17, 15) is 23.2 Å². The van der Waals surface area contributed by atoms with Gasteiger partial charge in [0.1, 0.15) is 11.6 Å². The van der Waals surface area contributed by atoms with Crippen molar-refractivity contribution in [1.82, 2.24) is 0 Å². The number of rotatable bonds is 5. The first-order chi connectivity index (χ1) is 11.8. The van der Waals surface area contributed by atoms with Crippen molar-refractivity contribution in [3.63, 3.8) is 0 Å². The average molecular weight is 349 g/mol. The number of anilines is 2. The lowest BCUT2D eigenvalue weighted by Crippen LogP contribution is -2.21. The van der Waals surface area contributed by atoms with Gasteiger partial charge >= 0.3 is 12.0 Å². The molecule has 2 aromatic rings. The molecule has 0 heterocycles. The van der Waals surface area contributed by atoms with Gasteiger partial charge in [-0.2, -0.15) is 0 Å². The van der Waals surface area contributed by atoms with Crippen molar-refractivity contribution < 1.29 is 27.9 Å². The molecule has 9 heteroatoms. The van der Waals surface area contributed by atoms with Crippen LogP contribution in [0.15, 0.2) is 42.5 Å². The van der Waals surface area contributed by atoms with Gasteiger partial charge in [0, 0.05) is 11.8 Å². The smallest absolute Gasteiger partial charge is 0.338 e. The molecule has 2 rings (SSSR count). The molecular formula is C16H13F2N3O4. The summed E-state index contributed by atoms with van der Waals surface area (Å²) in [7, 11) is 0. The van der Waals surface area contributed by atoms with Gasteiger partial charge in [-0.25, -0.2) is 18.4 Å². The molecule has 0 aliphatic rings. The van der Waals surface area contributed by atoms with Crippen LogP contribution in [-0.2, 0) is 9.53 Å². The average Bonchev–Trinajstić information content (AvgIpc) is 2.55. The van der Waals surface area contributed by atoms with E-state index < -0.39 is 36.1 Å². The predicted octanol–water partition coefficient (Wildman–Crippen LogP) is 2.25. The molecule has 0 aromatic heterocycles. The molecule has 0 bridgehead atoms. The number of esters is 1. The van der Waals surface area contributed by atoms with Crippen molar-refractivity contribution >= 4 is 29.3 Å². The maximum absolute atomic E-state index is 13.4. The Kier molecular flexibility index (Phi) is 5.62. The third-order valence-electron chi connectivity index (χ3n) is 2.93. The van der Waals surface area contributed by atoms with E-state index in [4.69, 9.17) is 10.5 Å². The molecule has 3 amide bonds. The molecular weight excluding hydrogens is 336 g/mol. The number of urea groups is 1. The van der Waals surface area contributed by atoms with Gasteiger partial charge in [-0.3, -0.25) is 4.79 Å². The Balaban J connectivity index is 1.88. The Morgan fingerprint density at radius 3 is 2.28 bits per heavy atom. The molecule has 0 aliphatic heterocycles. The number of nitrogens with one attached hydrogen (secondary N) is 2. The van der Waals surface area contributed by atoms with Crippen LogP contribution in [-0.4, -0.2) is 24.5 Å². The van der Waals surface area contributed by atoms with Crippen molar-refractivity contribution in [3.05, 3.63) is 59.7 Å². The molecule has 0 fully saturated rings. The van der Waals surface area contributed by atoms with Gasteiger partial charge in [0.25, 0.3) is 5.91 Å². The maximum atomic E-state index is 13.4. The van der Waals surface area contributed by atoms with Crippen LogP contribution in [0.25, 0.3) is 0 Å². The summed E-state index contributed by atoms with van der Waals surface area (Å²) in [6.07, 6.45) is 0. The SMILES string of the molecule is NC(=O)Nc1ccc(C(=O)OCC(=O)Nc2ccc(F)cc2F)cc1. The summed E-state index contributed by atoms with van der Waals surface area (Å²) in [5.74, 6) is -3.31. The van der Waals surface area contributed by atoms with E-state index in [1.807, 2.05) is 0 Å². The van der Waals surface area contributed by atoms with Crippen molar-refractivity contribution in [2.24, 2.45) is 5.73 Å². The first-order valence-electron chi connectivity index (χ1n) is 6.93. The first-order valence-corrected chi connectivity index (χ1v) is 6.93. The number of amides is 3. The summed E-state index contributed by atoms with van der Waals surface area (Å²) >= 11 is 0. The summed E-state index contributed by atoms with van der Waals surface area (Å²) in [4.78, 5) is 34.1. The van der Waals surface area contributed by atoms with Gasteiger partial charge in [0.05, 0.1) is 11.3 Å². The highest BCUT2D eigenvalue weighted by Gasteiger charge is 2.12. The fourth-order valence-corrected chi connectivity index (χ4v) is 1.82. The summed E-state index contributed by atoms with van der Waals surface area (Å²) in [6.45, 7) is -0.656. The molecule has 0 unspecified atom stereocenters. The van der Waals surface area contributed by atoms with Gasteiger partial charge in [-0.05, 0) is 36.4 Å². The van der Waals surface area contributed by atoms with Gasteiger partial charge in [0.2, 0.25) is 0 Å². The van der Waals surface area contributed by atoms with E-state index in [0.717, 1.165) is 12.1 Å². The third-order valence-corrected chi connectivity index (χ3v) is 2.93. The van der Waals surface area contributed by atoms with E-state index >= 15 is 0 Å². The molecule has 0 spiro atoms. The van der Waals surface area contributed by atoms with Crippen LogP contribution < -0.4 is 16.4 Å². The van der Waals surface area contributed by atoms with Crippen molar-refractivity contribution in [3.8, 4) is 0 Å². The van der Waals surface area contributed by atoms with E-state index in [-0.39, 0.29) is 11.3 Å². The van der Waals surface area contributed by atoms with E-state index in [2.05, 4.69) is 10.6 Å². The molecule has 130 valence electrons. The standard InChI is InChI=1S/C16H13F2N3O4/c17-10-3-6-13(12(18)7-10)21-14(22)8-25-15(23)9-1-4-11(5-2-9)20-16(19)24/h1-7H,8H2,(H,21,22)(H3,19,20,24). The number of ether oxygens (including phenoxy) is 1. The van der Waals surface area contributed by atoms with E-state index in [0.29, 0.717) is 11.8 Å². The minimum absolute atomic E-state index is 0.135. The van der Waals surface area contributed by atoms with Crippen LogP contribution in [0, 0.1) is 11.6 Å². The lowest BCUT2D eigenvalue weighted by molar-refractivity contribution is -0.119. The summed E-state index contributed by atoms with van der Waals surface area (Å²) in [5.41, 5.74) is 5.24.